The number of pyridine rings is 1. The number of benzene rings is 1. The molecule has 1 atom stereocenters. The average molecular weight is 404 g/mol. The summed E-state index contributed by atoms with van der Waals surface area (Å²) in [5.41, 5.74) is 0.748. The van der Waals surface area contributed by atoms with E-state index in [4.69, 9.17) is 0 Å². The van der Waals surface area contributed by atoms with Crippen LogP contribution in [0.2, 0.25) is 0 Å². The lowest BCUT2D eigenvalue weighted by molar-refractivity contribution is -0.144. The topological polar surface area (TPSA) is 43.1 Å². The third kappa shape index (κ3) is 3.94. The van der Waals surface area contributed by atoms with Crippen molar-refractivity contribution in [1.29, 1.82) is 0 Å². The molecule has 0 radical (unpaired) electrons. The zero-order valence-corrected chi connectivity index (χ0v) is 16.4. The second-order valence-corrected chi connectivity index (χ2v) is 7.81. The number of fused-ring (bicyclic) bond motifs is 1. The molecule has 1 aromatic carbocycles. The minimum Gasteiger partial charge on any atom is -0.335 e. The number of aromatic nitrogens is 3. The normalized spacial score (nSPS) is 18.0. The molecular weight excluding hydrogens is 381 g/mol. The third-order valence-corrected chi connectivity index (χ3v) is 5.59. The van der Waals surface area contributed by atoms with Crippen LogP contribution in [0.15, 0.2) is 41.5 Å². The minimum atomic E-state index is -4.59. The molecule has 1 aliphatic rings. The molecule has 29 heavy (non-hydrogen) atoms. The molecule has 0 aliphatic carbocycles. The first-order valence-corrected chi connectivity index (χ1v) is 9.65. The van der Waals surface area contributed by atoms with Gasteiger partial charge < -0.3 is 4.57 Å². The lowest BCUT2D eigenvalue weighted by Gasteiger charge is -2.27. The fourth-order valence-corrected chi connectivity index (χ4v) is 4.23. The summed E-state index contributed by atoms with van der Waals surface area (Å²) >= 11 is 0. The summed E-state index contributed by atoms with van der Waals surface area (Å²) in [5.74, 6) is 0. The van der Waals surface area contributed by atoms with Gasteiger partial charge in [-0.2, -0.15) is 18.3 Å². The molecule has 1 fully saturated rings. The van der Waals surface area contributed by atoms with Gasteiger partial charge in [0.2, 0.25) is 0 Å². The van der Waals surface area contributed by atoms with Crippen molar-refractivity contribution in [1.82, 2.24) is 19.2 Å². The van der Waals surface area contributed by atoms with Crippen LogP contribution in [-0.2, 0) is 26.3 Å². The number of hydrogen-bond acceptors (Lipinski definition) is 3. The second kappa shape index (κ2) is 7.33. The van der Waals surface area contributed by atoms with Gasteiger partial charge in [0.15, 0.2) is 5.43 Å². The predicted octanol–water partition coefficient (Wildman–Crippen LogP) is 3.73. The van der Waals surface area contributed by atoms with Crippen LogP contribution in [0.3, 0.4) is 0 Å². The van der Waals surface area contributed by atoms with Crippen molar-refractivity contribution < 1.29 is 13.2 Å². The van der Waals surface area contributed by atoms with Gasteiger partial charge in [-0.3, -0.25) is 14.4 Å². The van der Waals surface area contributed by atoms with Crippen molar-refractivity contribution >= 4 is 10.9 Å². The highest BCUT2D eigenvalue weighted by molar-refractivity contribution is 5.80. The van der Waals surface area contributed by atoms with Crippen molar-refractivity contribution in [3.05, 3.63) is 63.7 Å². The Hall–Kier alpha value is -2.61. The van der Waals surface area contributed by atoms with E-state index in [0.29, 0.717) is 17.4 Å². The van der Waals surface area contributed by atoms with Gasteiger partial charge in [0.05, 0.1) is 11.7 Å². The standard InChI is InChI=1S/C21H23F3N4O/c1-14-5-6-18-17(8-14)19(29)9-20(21(22,23)24)28(18)13-16-4-3-7-27(16)12-15-10-25-26(2)11-15/h5-6,8-11,16H,3-4,7,12-13H2,1-2H3. The van der Waals surface area contributed by atoms with Gasteiger partial charge in [-0.15, -0.1) is 0 Å². The molecule has 154 valence electrons. The zero-order chi connectivity index (χ0) is 20.8. The smallest absolute Gasteiger partial charge is 0.335 e. The molecule has 0 amide bonds. The average Bonchev–Trinajstić information content (AvgIpc) is 3.25. The van der Waals surface area contributed by atoms with Crippen LogP contribution in [-0.4, -0.2) is 31.8 Å². The van der Waals surface area contributed by atoms with Gasteiger partial charge in [0, 0.05) is 49.4 Å². The van der Waals surface area contributed by atoms with Crippen LogP contribution < -0.4 is 5.43 Å². The Labute approximate surface area is 166 Å². The number of halogens is 3. The van der Waals surface area contributed by atoms with Crippen LogP contribution in [0.1, 0.15) is 29.7 Å². The van der Waals surface area contributed by atoms with Crippen LogP contribution in [0.5, 0.6) is 0 Å². The third-order valence-electron chi connectivity index (χ3n) is 5.59. The molecule has 0 saturated carbocycles. The number of rotatable bonds is 4. The number of alkyl halides is 3. The van der Waals surface area contributed by atoms with E-state index in [2.05, 4.69) is 10.00 Å². The van der Waals surface area contributed by atoms with Gasteiger partial charge in [-0.25, -0.2) is 0 Å². The SMILES string of the molecule is Cc1ccc2c(c1)c(=O)cc(C(F)(F)F)n2CC1CCCN1Cc1cnn(C)c1. The number of hydrogen-bond donors (Lipinski definition) is 0. The van der Waals surface area contributed by atoms with Gasteiger partial charge >= 0.3 is 6.18 Å². The molecular formula is C21H23F3N4O. The minimum absolute atomic E-state index is 0.0386. The summed E-state index contributed by atoms with van der Waals surface area (Å²) in [6.45, 7) is 3.50. The highest BCUT2D eigenvalue weighted by atomic mass is 19.4. The first-order valence-electron chi connectivity index (χ1n) is 9.65. The predicted molar refractivity (Wildman–Crippen MR) is 105 cm³/mol. The summed E-state index contributed by atoms with van der Waals surface area (Å²) in [5, 5.41) is 4.50. The van der Waals surface area contributed by atoms with Gasteiger partial charge in [0.25, 0.3) is 0 Å². The van der Waals surface area contributed by atoms with E-state index in [1.165, 1.54) is 4.57 Å². The van der Waals surface area contributed by atoms with Crippen molar-refractivity contribution in [3.8, 4) is 0 Å². The van der Waals surface area contributed by atoms with E-state index >= 15 is 0 Å². The van der Waals surface area contributed by atoms with E-state index in [1.54, 1.807) is 29.1 Å². The molecule has 4 rings (SSSR count). The van der Waals surface area contributed by atoms with Crippen molar-refractivity contribution in [2.24, 2.45) is 7.05 Å². The number of nitrogens with zero attached hydrogens (tertiary/aromatic N) is 4. The Balaban J connectivity index is 1.74. The molecule has 3 aromatic rings. The first-order chi connectivity index (χ1) is 13.7. The lowest BCUT2D eigenvalue weighted by Crippen LogP contribution is -2.34. The van der Waals surface area contributed by atoms with Crippen LogP contribution in [0.4, 0.5) is 13.2 Å². The summed E-state index contributed by atoms with van der Waals surface area (Å²) in [6, 6.07) is 5.74. The van der Waals surface area contributed by atoms with Gasteiger partial charge in [-0.1, -0.05) is 11.6 Å². The second-order valence-electron chi connectivity index (χ2n) is 7.81. The zero-order valence-electron chi connectivity index (χ0n) is 16.4. The highest BCUT2D eigenvalue weighted by Gasteiger charge is 2.36. The van der Waals surface area contributed by atoms with E-state index < -0.39 is 17.3 Å². The van der Waals surface area contributed by atoms with Crippen molar-refractivity contribution in [2.45, 2.75) is 45.1 Å². The highest BCUT2D eigenvalue weighted by Crippen LogP contribution is 2.32. The molecule has 3 heterocycles. The van der Waals surface area contributed by atoms with Crippen molar-refractivity contribution in [3.63, 3.8) is 0 Å². The largest absolute Gasteiger partial charge is 0.431 e. The molecule has 1 unspecified atom stereocenters. The van der Waals surface area contributed by atoms with Crippen LogP contribution in [0, 0.1) is 6.92 Å². The van der Waals surface area contributed by atoms with Gasteiger partial charge in [0.1, 0.15) is 5.69 Å². The molecule has 1 saturated heterocycles. The molecule has 0 spiro atoms. The van der Waals surface area contributed by atoms with E-state index in [9.17, 15) is 18.0 Å². The first kappa shape index (κ1) is 19.7. The van der Waals surface area contributed by atoms with Gasteiger partial charge in [-0.05, 0) is 38.4 Å². The molecule has 8 heteroatoms. The van der Waals surface area contributed by atoms with Crippen LogP contribution >= 0.6 is 0 Å². The lowest BCUT2D eigenvalue weighted by atomic mass is 10.1. The Morgan fingerprint density at radius 2 is 2.03 bits per heavy atom. The quantitative estimate of drug-likeness (QED) is 0.666. The van der Waals surface area contributed by atoms with E-state index in [0.717, 1.165) is 36.6 Å². The monoisotopic (exact) mass is 404 g/mol. The summed E-state index contributed by atoms with van der Waals surface area (Å²) in [6.07, 6.45) is 0.869. The summed E-state index contributed by atoms with van der Waals surface area (Å²) < 4.78 is 44.3. The molecule has 0 bridgehead atoms. The molecule has 0 N–H and O–H groups in total. The summed E-state index contributed by atoms with van der Waals surface area (Å²) in [4.78, 5) is 14.6. The number of aryl methyl sites for hydroxylation is 2. The Morgan fingerprint density at radius 1 is 1.24 bits per heavy atom. The number of likely N-dealkylation sites (tertiary alicyclic amines) is 1. The fourth-order valence-electron chi connectivity index (χ4n) is 4.23. The summed E-state index contributed by atoms with van der Waals surface area (Å²) in [7, 11) is 1.84. The molecule has 2 aromatic heterocycles. The molecule has 5 nitrogen and oxygen atoms in total. The van der Waals surface area contributed by atoms with Crippen LogP contribution in [0.25, 0.3) is 10.9 Å². The Kier molecular flexibility index (Phi) is 4.98. The Bertz CT molecular complexity index is 1100. The van der Waals surface area contributed by atoms with Crippen molar-refractivity contribution in [2.75, 3.05) is 6.54 Å². The van der Waals surface area contributed by atoms with E-state index in [1.807, 2.05) is 20.2 Å². The fraction of sp³-hybridized carbons (Fsp3) is 0.429. The maximum atomic E-state index is 13.8. The Morgan fingerprint density at radius 3 is 2.72 bits per heavy atom. The maximum absolute atomic E-state index is 13.8. The molecule has 1 aliphatic heterocycles. The maximum Gasteiger partial charge on any atom is 0.431 e. The van der Waals surface area contributed by atoms with E-state index in [-0.39, 0.29) is 12.6 Å².